The highest BCUT2D eigenvalue weighted by atomic mass is 16.6. The van der Waals surface area contributed by atoms with Crippen LogP contribution in [0.5, 0.6) is 11.5 Å². The molecule has 0 radical (unpaired) electrons. The Morgan fingerprint density at radius 2 is 2.00 bits per heavy atom. The Labute approximate surface area is 103 Å². The highest BCUT2D eigenvalue weighted by molar-refractivity contribution is 5.70. The Morgan fingerprint density at radius 3 is 2.50 bits per heavy atom. The molecule has 1 aromatic carbocycles. The third-order valence-corrected chi connectivity index (χ3v) is 2.10. The molecule has 0 aliphatic carbocycles. The van der Waals surface area contributed by atoms with Gasteiger partial charge >= 0.3 is 5.70 Å². The summed E-state index contributed by atoms with van der Waals surface area (Å²) in [5.74, 6) is 1.02. The molecule has 7 nitrogen and oxygen atoms in total. The van der Waals surface area contributed by atoms with Crippen molar-refractivity contribution in [3.05, 3.63) is 40.2 Å². The van der Waals surface area contributed by atoms with Crippen molar-refractivity contribution in [1.29, 1.82) is 0 Å². The molecule has 0 saturated carbocycles. The maximum Gasteiger partial charge on any atom is 0.324 e. The molecule has 0 heterocycles. The molecule has 0 amide bonds. The lowest BCUT2D eigenvalue weighted by Crippen LogP contribution is -2.03. The second-order valence-corrected chi connectivity index (χ2v) is 3.16. The Bertz CT molecular complexity index is 484. The number of nitrogens with zero attached hydrogens (tertiary/aromatic N) is 1. The van der Waals surface area contributed by atoms with E-state index in [1.807, 2.05) is 0 Å². The zero-order valence-corrected chi connectivity index (χ0v) is 9.88. The van der Waals surface area contributed by atoms with Crippen molar-refractivity contribution in [2.45, 2.75) is 0 Å². The number of ether oxygens (including phenoxy) is 2. The van der Waals surface area contributed by atoms with Crippen LogP contribution in [0, 0.1) is 10.1 Å². The molecule has 96 valence electrons. The van der Waals surface area contributed by atoms with E-state index in [2.05, 4.69) is 5.32 Å². The molecule has 1 aromatic rings. The van der Waals surface area contributed by atoms with Gasteiger partial charge in [-0.25, -0.2) is 0 Å². The predicted octanol–water partition coefficient (Wildman–Crippen LogP) is 1.43. The van der Waals surface area contributed by atoms with Crippen LogP contribution in [0.15, 0.2) is 30.1 Å². The molecule has 0 fully saturated rings. The van der Waals surface area contributed by atoms with Crippen LogP contribution in [0.3, 0.4) is 0 Å². The van der Waals surface area contributed by atoms with Crippen LogP contribution < -0.4 is 14.8 Å². The van der Waals surface area contributed by atoms with E-state index in [0.717, 1.165) is 6.20 Å². The number of methoxy groups -OCH3 is 2. The van der Waals surface area contributed by atoms with Crippen LogP contribution in [-0.2, 0) is 4.79 Å². The molecule has 0 saturated heterocycles. The minimum atomic E-state index is -0.777. The van der Waals surface area contributed by atoms with Gasteiger partial charge in [0.1, 0.15) is 0 Å². The standard InChI is InChI=1S/C11H12N2O5/c1-17-10-4-3-8(5-11(10)18-2)12-6-9(7-14)13(15)16/h3-7,12H,1-2H3/b9-6+. The number of aldehydes is 1. The first-order valence-corrected chi connectivity index (χ1v) is 4.90. The van der Waals surface area contributed by atoms with Crippen molar-refractivity contribution in [2.75, 3.05) is 19.5 Å². The Kier molecular flexibility index (Phi) is 4.67. The van der Waals surface area contributed by atoms with Crippen LogP contribution in [-0.4, -0.2) is 25.4 Å². The van der Waals surface area contributed by atoms with E-state index >= 15 is 0 Å². The van der Waals surface area contributed by atoms with E-state index in [1.54, 1.807) is 18.2 Å². The molecular weight excluding hydrogens is 240 g/mol. The molecule has 0 unspecified atom stereocenters. The van der Waals surface area contributed by atoms with E-state index in [0.29, 0.717) is 17.2 Å². The maximum absolute atomic E-state index is 10.4. The van der Waals surface area contributed by atoms with Gasteiger partial charge in [-0.1, -0.05) is 0 Å². The number of benzene rings is 1. The molecule has 0 aromatic heterocycles. The molecular formula is C11H12N2O5. The number of anilines is 1. The van der Waals surface area contributed by atoms with Gasteiger partial charge < -0.3 is 14.8 Å². The monoisotopic (exact) mass is 252 g/mol. The number of allylic oxidation sites excluding steroid dienone is 1. The van der Waals surface area contributed by atoms with Crippen LogP contribution in [0.1, 0.15) is 0 Å². The largest absolute Gasteiger partial charge is 0.493 e. The molecule has 0 atom stereocenters. The number of carbonyl (C=O) groups excluding carboxylic acids is 1. The topological polar surface area (TPSA) is 90.7 Å². The van der Waals surface area contributed by atoms with Crippen molar-refractivity contribution in [3.8, 4) is 11.5 Å². The number of nitro groups is 1. The molecule has 1 N–H and O–H groups in total. The van der Waals surface area contributed by atoms with Gasteiger partial charge in [-0.05, 0) is 12.1 Å². The molecule has 0 spiro atoms. The fourth-order valence-corrected chi connectivity index (χ4v) is 1.21. The quantitative estimate of drug-likeness (QED) is 0.356. The number of nitrogens with one attached hydrogen (secondary N) is 1. The highest BCUT2D eigenvalue weighted by Crippen LogP contribution is 2.29. The van der Waals surface area contributed by atoms with Crippen LogP contribution in [0.2, 0.25) is 0 Å². The first-order chi connectivity index (χ1) is 8.62. The summed E-state index contributed by atoms with van der Waals surface area (Å²) >= 11 is 0. The fourth-order valence-electron chi connectivity index (χ4n) is 1.21. The summed E-state index contributed by atoms with van der Waals surface area (Å²) in [7, 11) is 2.98. The zero-order chi connectivity index (χ0) is 13.5. The number of carbonyl (C=O) groups is 1. The lowest BCUT2D eigenvalue weighted by Gasteiger charge is -2.09. The van der Waals surface area contributed by atoms with Crippen molar-refractivity contribution in [2.24, 2.45) is 0 Å². The van der Waals surface area contributed by atoms with Crippen molar-refractivity contribution < 1.29 is 19.2 Å². The molecule has 7 heteroatoms. The molecule has 18 heavy (non-hydrogen) atoms. The van der Waals surface area contributed by atoms with Gasteiger partial charge in [-0.3, -0.25) is 14.9 Å². The van der Waals surface area contributed by atoms with Crippen LogP contribution in [0.4, 0.5) is 5.69 Å². The van der Waals surface area contributed by atoms with E-state index in [4.69, 9.17) is 9.47 Å². The third kappa shape index (κ3) is 3.21. The lowest BCUT2D eigenvalue weighted by molar-refractivity contribution is -0.417. The number of rotatable bonds is 6. The summed E-state index contributed by atoms with van der Waals surface area (Å²) in [5, 5.41) is 13.0. The second-order valence-electron chi connectivity index (χ2n) is 3.16. The summed E-state index contributed by atoms with van der Waals surface area (Å²) in [6, 6.07) is 4.87. The Hall–Kier alpha value is -2.57. The first kappa shape index (κ1) is 13.5. The lowest BCUT2D eigenvalue weighted by atomic mass is 10.2. The zero-order valence-electron chi connectivity index (χ0n) is 9.88. The van der Waals surface area contributed by atoms with Gasteiger partial charge in [-0.2, -0.15) is 0 Å². The molecule has 0 aliphatic heterocycles. The third-order valence-electron chi connectivity index (χ3n) is 2.10. The average Bonchev–Trinajstić information content (AvgIpc) is 2.38. The van der Waals surface area contributed by atoms with Gasteiger partial charge in [0.25, 0.3) is 0 Å². The first-order valence-electron chi connectivity index (χ1n) is 4.90. The van der Waals surface area contributed by atoms with E-state index in [-0.39, 0.29) is 6.29 Å². The van der Waals surface area contributed by atoms with Gasteiger partial charge in [0, 0.05) is 11.8 Å². The Morgan fingerprint density at radius 1 is 1.33 bits per heavy atom. The van der Waals surface area contributed by atoms with E-state index in [1.165, 1.54) is 14.2 Å². The number of hydrogen-bond donors (Lipinski definition) is 1. The maximum atomic E-state index is 10.4. The van der Waals surface area contributed by atoms with Crippen LogP contribution in [0.25, 0.3) is 0 Å². The highest BCUT2D eigenvalue weighted by Gasteiger charge is 2.08. The van der Waals surface area contributed by atoms with Gasteiger partial charge in [0.05, 0.1) is 25.3 Å². The summed E-state index contributed by atoms with van der Waals surface area (Å²) in [5.41, 5.74) is -0.0290. The summed E-state index contributed by atoms with van der Waals surface area (Å²) in [6.45, 7) is 0. The van der Waals surface area contributed by atoms with Gasteiger partial charge in [0.2, 0.25) is 6.29 Å². The SMILES string of the molecule is COc1ccc(N/C=C(\C=O)[N+](=O)[O-])cc1OC. The smallest absolute Gasteiger partial charge is 0.324 e. The van der Waals surface area contributed by atoms with E-state index in [9.17, 15) is 14.9 Å². The Balaban J connectivity index is 2.92. The predicted molar refractivity (Wildman–Crippen MR) is 64.3 cm³/mol. The normalized spacial score (nSPS) is 10.7. The minimum absolute atomic E-state index is 0.160. The number of hydrogen-bond acceptors (Lipinski definition) is 6. The summed E-state index contributed by atoms with van der Waals surface area (Å²) in [4.78, 5) is 20.0. The molecule has 0 bridgehead atoms. The summed E-state index contributed by atoms with van der Waals surface area (Å²) in [6.07, 6.45) is 1.17. The van der Waals surface area contributed by atoms with E-state index < -0.39 is 10.6 Å². The average molecular weight is 252 g/mol. The van der Waals surface area contributed by atoms with Crippen molar-refractivity contribution in [3.63, 3.8) is 0 Å². The molecule has 1 rings (SSSR count). The van der Waals surface area contributed by atoms with Crippen LogP contribution >= 0.6 is 0 Å². The summed E-state index contributed by atoms with van der Waals surface area (Å²) < 4.78 is 10.1. The van der Waals surface area contributed by atoms with Gasteiger partial charge in [0.15, 0.2) is 11.5 Å². The fraction of sp³-hybridized carbons (Fsp3) is 0.182. The second kappa shape index (κ2) is 6.24. The van der Waals surface area contributed by atoms with Gasteiger partial charge in [-0.15, -0.1) is 0 Å². The molecule has 0 aliphatic rings. The van der Waals surface area contributed by atoms with Crippen molar-refractivity contribution in [1.82, 2.24) is 0 Å². The minimum Gasteiger partial charge on any atom is -0.493 e. The van der Waals surface area contributed by atoms with Crippen molar-refractivity contribution >= 4 is 12.0 Å².